The van der Waals surface area contributed by atoms with Crippen molar-refractivity contribution in [1.82, 2.24) is 4.98 Å². The Hall–Kier alpha value is -0.251. The topological polar surface area (TPSA) is 16.1 Å². The van der Waals surface area contributed by atoms with Gasteiger partial charge in [-0.2, -0.15) is 0 Å². The van der Waals surface area contributed by atoms with Crippen molar-refractivity contribution in [3.63, 3.8) is 0 Å². The molecular formula is C19H36N2Sn. The zero-order valence-corrected chi connectivity index (χ0v) is 18.3. The van der Waals surface area contributed by atoms with E-state index < -0.39 is 18.4 Å². The van der Waals surface area contributed by atoms with E-state index in [0.29, 0.717) is 0 Å². The molecule has 0 bridgehead atoms. The molecule has 22 heavy (non-hydrogen) atoms. The number of pyridine rings is 1. The number of hydrogen-bond donors (Lipinski definition) is 0. The van der Waals surface area contributed by atoms with E-state index in [-0.39, 0.29) is 0 Å². The van der Waals surface area contributed by atoms with E-state index in [1.54, 1.807) is 0 Å². The van der Waals surface area contributed by atoms with Crippen molar-refractivity contribution in [2.45, 2.75) is 72.6 Å². The van der Waals surface area contributed by atoms with Crippen LogP contribution in [0.3, 0.4) is 0 Å². The third kappa shape index (κ3) is 5.75. The fraction of sp³-hybridized carbons (Fsp3) is 0.737. The molecule has 0 radical (unpaired) electrons. The second-order valence-corrected chi connectivity index (χ2v) is 19.9. The molecule has 0 aliphatic carbocycles. The molecule has 126 valence electrons. The molecule has 0 aromatic carbocycles. The van der Waals surface area contributed by atoms with Crippen LogP contribution in [0.2, 0.25) is 13.3 Å². The van der Waals surface area contributed by atoms with Gasteiger partial charge in [0.05, 0.1) is 0 Å². The quantitative estimate of drug-likeness (QED) is 0.465. The van der Waals surface area contributed by atoms with Crippen molar-refractivity contribution in [2.24, 2.45) is 0 Å². The molecule has 1 heterocycles. The van der Waals surface area contributed by atoms with Gasteiger partial charge >= 0.3 is 143 Å². The summed E-state index contributed by atoms with van der Waals surface area (Å²) in [4.78, 5) is 7.13. The van der Waals surface area contributed by atoms with E-state index in [2.05, 4.69) is 58.1 Å². The number of aromatic nitrogens is 1. The van der Waals surface area contributed by atoms with Crippen LogP contribution in [0.1, 0.15) is 59.3 Å². The Kier molecular flexibility index (Phi) is 9.46. The van der Waals surface area contributed by atoms with Gasteiger partial charge in [0.1, 0.15) is 0 Å². The van der Waals surface area contributed by atoms with Crippen molar-refractivity contribution < 1.29 is 0 Å². The van der Waals surface area contributed by atoms with Crippen molar-refractivity contribution >= 4 is 27.8 Å². The molecule has 3 heteroatoms. The van der Waals surface area contributed by atoms with Crippen LogP contribution in [0, 0.1) is 0 Å². The Morgan fingerprint density at radius 1 is 0.864 bits per heavy atom. The second kappa shape index (κ2) is 10.5. The first-order valence-electron chi connectivity index (χ1n) is 9.23. The molecule has 0 atom stereocenters. The number of hydrogen-bond acceptors (Lipinski definition) is 2. The standard InChI is InChI=1S/C7H9N2.3C4H9.Sn/c1-9(2)7-4-3-5-8-6-7;3*1-3-4-2;/h3-4,6H,1-2H3;3*1,3-4H2,2H3;. The van der Waals surface area contributed by atoms with Crippen molar-refractivity contribution in [3.05, 3.63) is 18.3 Å². The van der Waals surface area contributed by atoms with Crippen LogP contribution >= 0.6 is 0 Å². The van der Waals surface area contributed by atoms with E-state index in [9.17, 15) is 0 Å². The summed E-state index contributed by atoms with van der Waals surface area (Å²) < 4.78 is 6.04. The van der Waals surface area contributed by atoms with Crippen LogP contribution in [0.5, 0.6) is 0 Å². The molecule has 2 nitrogen and oxygen atoms in total. The maximum absolute atomic E-state index is 4.98. The van der Waals surface area contributed by atoms with Crippen LogP contribution in [0.25, 0.3) is 0 Å². The van der Waals surface area contributed by atoms with Crippen molar-refractivity contribution in [1.29, 1.82) is 0 Å². The summed E-state index contributed by atoms with van der Waals surface area (Å²) in [6, 6.07) is 4.67. The third-order valence-electron chi connectivity index (χ3n) is 4.83. The van der Waals surface area contributed by atoms with Gasteiger partial charge in [-0.15, -0.1) is 0 Å². The molecule has 0 spiro atoms. The molecule has 0 amide bonds. The van der Waals surface area contributed by atoms with Crippen molar-refractivity contribution in [2.75, 3.05) is 19.0 Å². The molecule has 0 unspecified atom stereocenters. The average molecular weight is 411 g/mol. The first kappa shape index (κ1) is 19.8. The summed E-state index contributed by atoms with van der Waals surface area (Å²) in [5.41, 5.74) is 1.23. The summed E-state index contributed by atoms with van der Waals surface area (Å²) >= 11 is -2.30. The summed E-state index contributed by atoms with van der Waals surface area (Å²) in [6.07, 6.45) is 10.3. The summed E-state index contributed by atoms with van der Waals surface area (Å²) in [7, 11) is 4.19. The SMILES string of the molecule is CCC[CH2][Sn]([CH2]CCC)([CH2]CCC)[c]1ccc(N(C)C)cn1. The Labute approximate surface area is 142 Å². The van der Waals surface area contributed by atoms with Crippen LogP contribution in [0.15, 0.2) is 18.3 Å². The van der Waals surface area contributed by atoms with Crippen LogP contribution in [0.4, 0.5) is 5.69 Å². The van der Waals surface area contributed by atoms with Gasteiger partial charge in [-0.1, -0.05) is 0 Å². The van der Waals surface area contributed by atoms with Crippen molar-refractivity contribution in [3.8, 4) is 0 Å². The van der Waals surface area contributed by atoms with Crippen LogP contribution in [-0.4, -0.2) is 37.5 Å². The Morgan fingerprint density at radius 3 is 1.68 bits per heavy atom. The predicted molar refractivity (Wildman–Crippen MR) is 103 cm³/mol. The molecule has 0 fully saturated rings. The molecular weight excluding hydrogens is 375 g/mol. The number of unbranched alkanes of at least 4 members (excludes halogenated alkanes) is 3. The Morgan fingerprint density at radius 2 is 1.36 bits per heavy atom. The van der Waals surface area contributed by atoms with Gasteiger partial charge in [0.15, 0.2) is 0 Å². The maximum atomic E-state index is 4.98. The second-order valence-electron chi connectivity index (χ2n) is 6.89. The van der Waals surface area contributed by atoms with Gasteiger partial charge in [0.25, 0.3) is 0 Å². The third-order valence-corrected chi connectivity index (χ3v) is 20.0. The monoisotopic (exact) mass is 412 g/mol. The molecule has 0 saturated heterocycles. The Bertz CT molecular complexity index is 379. The van der Waals surface area contributed by atoms with Gasteiger partial charge in [0.2, 0.25) is 0 Å². The first-order chi connectivity index (χ1) is 10.6. The summed E-state index contributed by atoms with van der Waals surface area (Å²) in [6.45, 7) is 7.00. The normalized spacial score (nSPS) is 11.7. The molecule has 0 aliphatic heterocycles. The van der Waals surface area contributed by atoms with Gasteiger partial charge in [-0.3, -0.25) is 0 Å². The summed E-state index contributed by atoms with van der Waals surface area (Å²) in [5, 5.41) is 0. The van der Waals surface area contributed by atoms with E-state index in [1.165, 1.54) is 61.2 Å². The molecule has 0 saturated carbocycles. The van der Waals surface area contributed by atoms with E-state index in [4.69, 9.17) is 4.98 Å². The van der Waals surface area contributed by atoms with Gasteiger partial charge in [0, 0.05) is 0 Å². The molecule has 0 aliphatic rings. The molecule has 0 N–H and O–H groups in total. The van der Waals surface area contributed by atoms with Gasteiger partial charge in [-0.05, 0) is 0 Å². The fourth-order valence-corrected chi connectivity index (χ4v) is 18.6. The fourth-order valence-electron chi connectivity index (χ4n) is 3.27. The summed E-state index contributed by atoms with van der Waals surface area (Å²) in [5.74, 6) is 0. The molecule has 1 aromatic heterocycles. The number of nitrogens with zero attached hydrogens (tertiary/aromatic N) is 2. The van der Waals surface area contributed by atoms with E-state index in [1.807, 2.05) is 0 Å². The van der Waals surface area contributed by atoms with Gasteiger partial charge in [-0.25, -0.2) is 0 Å². The first-order valence-corrected chi connectivity index (χ1v) is 16.7. The minimum atomic E-state index is -2.30. The zero-order valence-electron chi connectivity index (χ0n) is 15.5. The average Bonchev–Trinajstić information content (AvgIpc) is 2.54. The van der Waals surface area contributed by atoms with Crippen LogP contribution in [-0.2, 0) is 0 Å². The molecule has 1 rings (SSSR count). The zero-order chi connectivity index (χ0) is 16.4. The predicted octanol–water partition coefficient (Wildman–Crippen LogP) is 5.20. The van der Waals surface area contributed by atoms with Crippen LogP contribution < -0.4 is 8.61 Å². The molecule has 1 aromatic rings. The van der Waals surface area contributed by atoms with E-state index >= 15 is 0 Å². The Balaban J connectivity index is 3.07. The number of anilines is 1. The minimum absolute atomic E-state index is 1.23. The van der Waals surface area contributed by atoms with E-state index in [0.717, 1.165) is 0 Å². The van der Waals surface area contributed by atoms with Gasteiger partial charge < -0.3 is 0 Å². The number of rotatable bonds is 11.